The molecule has 1 aromatic heterocycles. The van der Waals surface area contributed by atoms with Crippen LogP contribution in [0.5, 0.6) is 0 Å². The predicted molar refractivity (Wildman–Crippen MR) is 138 cm³/mol. The number of hydrogen-bond donors (Lipinski definition) is 2. The van der Waals surface area contributed by atoms with E-state index in [1.54, 1.807) is 18.4 Å². The number of thioether (sulfide) groups is 1. The molecule has 1 atom stereocenters. The highest BCUT2D eigenvalue weighted by atomic mass is 32.2. The smallest absolute Gasteiger partial charge is 0.259 e. The molecule has 5 rings (SSSR count). The van der Waals surface area contributed by atoms with E-state index in [0.717, 1.165) is 31.2 Å². The van der Waals surface area contributed by atoms with Gasteiger partial charge in [-0.25, -0.2) is 9.89 Å². The molecule has 1 aromatic carbocycles. The summed E-state index contributed by atoms with van der Waals surface area (Å²) in [6.07, 6.45) is 7.70. The van der Waals surface area contributed by atoms with Crippen molar-refractivity contribution in [1.82, 2.24) is 15.5 Å². The summed E-state index contributed by atoms with van der Waals surface area (Å²) in [5.41, 5.74) is 1.47. The molecule has 1 saturated carbocycles. The molecule has 1 aliphatic carbocycles. The Morgan fingerprint density at radius 3 is 2.72 bits per heavy atom. The van der Waals surface area contributed by atoms with Crippen LogP contribution in [0.25, 0.3) is 0 Å². The molecule has 1 unspecified atom stereocenters. The number of amides is 3. The largest absolute Gasteiger partial charge is 0.467 e. The highest BCUT2D eigenvalue weighted by Crippen LogP contribution is 2.34. The average molecular weight is 508 g/mol. The van der Waals surface area contributed by atoms with Gasteiger partial charge in [0.05, 0.1) is 24.2 Å². The van der Waals surface area contributed by atoms with Gasteiger partial charge in [0.2, 0.25) is 11.8 Å². The van der Waals surface area contributed by atoms with Gasteiger partial charge in [0.25, 0.3) is 5.91 Å². The number of carbonyl (C=O) groups is 3. The number of hydrogen-bond acceptors (Lipinski definition) is 7. The topological polar surface area (TPSA) is 116 Å². The van der Waals surface area contributed by atoms with Gasteiger partial charge in [-0.1, -0.05) is 43.2 Å². The number of carbonyl (C=O) groups excluding carboxylic acids is 3. The number of furan rings is 1. The summed E-state index contributed by atoms with van der Waals surface area (Å²) < 4.78 is 5.24. The van der Waals surface area contributed by atoms with Crippen molar-refractivity contribution in [3.8, 4) is 0 Å². The summed E-state index contributed by atoms with van der Waals surface area (Å²) in [7, 11) is 0. The number of para-hydroxylation sites is 1. The van der Waals surface area contributed by atoms with Gasteiger partial charge in [-0.2, -0.15) is 0 Å². The molecule has 0 saturated heterocycles. The molecule has 0 bridgehead atoms. The van der Waals surface area contributed by atoms with Crippen LogP contribution in [-0.4, -0.2) is 51.5 Å². The van der Waals surface area contributed by atoms with Crippen LogP contribution >= 0.6 is 11.8 Å². The Morgan fingerprint density at radius 1 is 1.08 bits per heavy atom. The summed E-state index contributed by atoms with van der Waals surface area (Å²) in [5, 5.41) is 6.33. The zero-order valence-corrected chi connectivity index (χ0v) is 20.8. The van der Waals surface area contributed by atoms with Gasteiger partial charge in [-0.3, -0.25) is 19.4 Å². The SMILES string of the molecule is O=C(CSC1=Nc2ccccc2C2=NC(CCC(=O)NC3CCCCC3)C(=O)N12)NCc1ccco1. The standard InChI is InChI=1S/C26H29N5O4S/c32-22(28-17-7-2-1-3-8-17)13-12-21-25(34)31-24(29-21)19-10-4-5-11-20(19)30-26(31)36-16-23(33)27-15-18-9-6-14-35-18/h4-6,9-11,14,17,21H,1-3,7-8,12-13,15-16H2,(H,27,33)(H,28,32). The number of rotatable bonds is 8. The van der Waals surface area contributed by atoms with Crippen molar-refractivity contribution in [3.05, 3.63) is 54.0 Å². The quantitative estimate of drug-likeness (QED) is 0.567. The number of nitrogens with one attached hydrogen (secondary N) is 2. The number of amidine groups is 2. The molecule has 0 spiro atoms. The van der Waals surface area contributed by atoms with Crippen LogP contribution in [0.15, 0.2) is 57.1 Å². The Balaban J connectivity index is 1.23. The Morgan fingerprint density at radius 2 is 1.92 bits per heavy atom. The molecule has 3 aliphatic rings. The molecule has 9 nitrogen and oxygen atoms in total. The van der Waals surface area contributed by atoms with Gasteiger partial charge < -0.3 is 15.1 Å². The molecule has 188 valence electrons. The number of benzene rings is 1. The lowest BCUT2D eigenvalue weighted by Gasteiger charge is -2.25. The minimum Gasteiger partial charge on any atom is -0.467 e. The lowest BCUT2D eigenvalue weighted by atomic mass is 9.95. The van der Waals surface area contributed by atoms with Crippen LogP contribution in [0.3, 0.4) is 0 Å². The van der Waals surface area contributed by atoms with E-state index in [1.807, 2.05) is 24.3 Å². The maximum absolute atomic E-state index is 13.4. The molecule has 36 heavy (non-hydrogen) atoms. The molecule has 1 fully saturated rings. The van der Waals surface area contributed by atoms with E-state index < -0.39 is 6.04 Å². The molecule has 0 radical (unpaired) electrons. The van der Waals surface area contributed by atoms with Gasteiger partial charge in [0.15, 0.2) is 5.17 Å². The van der Waals surface area contributed by atoms with Crippen molar-refractivity contribution < 1.29 is 18.8 Å². The van der Waals surface area contributed by atoms with E-state index in [0.29, 0.717) is 35.4 Å². The van der Waals surface area contributed by atoms with Crippen molar-refractivity contribution >= 4 is 46.2 Å². The minimum atomic E-state index is -0.651. The fraction of sp³-hybridized carbons (Fsp3) is 0.423. The van der Waals surface area contributed by atoms with Gasteiger partial charge in [0, 0.05) is 18.0 Å². The normalized spacial score (nSPS) is 19.3. The Labute approximate surface area is 213 Å². The minimum absolute atomic E-state index is 0.0309. The molecular weight excluding hydrogens is 478 g/mol. The van der Waals surface area contributed by atoms with Gasteiger partial charge in [0.1, 0.15) is 17.6 Å². The Kier molecular flexibility index (Phi) is 7.50. The summed E-state index contributed by atoms with van der Waals surface area (Å²) in [6.45, 7) is 0.294. The highest BCUT2D eigenvalue weighted by molar-refractivity contribution is 8.14. The maximum atomic E-state index is 13.4. The lowest BCUT2D eigenvalue weighted by Crippen LogP contribution is -2.42. The van der Waals surface area contributed by atoms with Crippen molar-refractivity contribution in [2.45, 2.75) is 63.6 Å². The van der Waals surface area contributed by atoms with Crippen molar-refractivity contribution in [1.29, 1.82) is 0 Å². The van der Waals surface area contributed by atoms with Crippen LogP contribution < -0.4 is 10.6 Å². The zero-order valence-electron chi connectivity index (χ0n) is 19.9. The summed E-state index contributed by atoms with van der Waals surface area (Å²) in [6, 6.07) is 10.6. The highest BCUT2D eigenvalue weighted by Gasteiger charge is 2.41. The monoisotopic (exact) mass is 507 g/mol. The van der Waals surface area contributed by atoms with Crippen LogP contribution in [0.1, 0.15) is 56.3 Å². The van der Waals surface area contributed by atoms with Crippen LogP contribution in [0.2, 0.25) is 0 Å². The van der Waals surface area contributed by atoms with Gasteiger partial charge in [-0.15, -0.1) is 0 Å². The summed E-state index contributed by atoms with van der Waals surface area (Å²) in [5.74, 6) is 0.842. The van der Waals surface area contributed by atoms with E-state index in [4.69, 9.17) is 9.41 Å². The summed E-state index contributed by atoms with van der Waals surface area (Å²) >= 11 is 1.19. The summed E-state index contributed by atoms with van der Waals surface area (Å²) in [4.78, 5) is 49.1. The lowest BCUT2D eigenvalue weighted by molar-refractivity contribution is -0.125. The van der Waals surface area contributed by atoms with Crippen molar-refractivity contribution in [2.24, 2.45) is 9.98 Å². The van der Waals surface area contributed by atoms with E-state index in [9.17, 15) is 14.4 Å². The number of aliphatic imine (C=N–C) groups is 2. The third kappa shape index (κ3) is 5.53. The number of fused-ring (bicyclic) bond motifs is 3. The fourth-order valence-electron chi connectivity index (χ4n) is 4.68. The van der Waals surface area contributed by atoms with E-state index in [-0.39, 0.29) is 35.9 Å². The first-order valence-electron chi connectivity index (χ1n) is 12.4. The molecule has 3 heterocycles. The van der Waals surface area contributed by atoms with Crippen LogP contribution in [-0.2, 0) is 20.9 Å². The fourth-order valence-corrected chi connectivity index (χ4v) is 5.51. The second-order valence-electron chi connectivity index (χ2n) is 9.14. The van der Waals surface area contributed by atoms with E-state index in [1.165, 1.54) is 23.1 Å². The molecule has 2 N–H and O–H groups in total. The Hall–Kier alpha value is -3.40. The second kappa shape index (κ2) is 11.1. The molecular formula is C26H29N5O4S. The average Bonchev–Trinajstić information content (AvgIpc) is 3.53. The first-order valence-corrected chi connectivity index (χ1v) is 13.4. The first kappa shape index (κ1) is 24.3. The zero-order chi connectivity index (χ0) is 24.9. The van der Waals surface area contributed by atoms with Gasteiger partial charge >= 0.3 is 0 Å². The van der Waals surface area contributed by atoms with Gasteiger partial charge in [-0.05, 0) is 43.5 Å². The van der Waals surface area contributed by atoms with Crippen LogP contribution in [0.4, 0.5) is 5.69 Å². The number of nitrogens with zero attached hydrogens (tertiary/aromatic N) is 3. The molecule has 3 amide bonds. The van der Waals surface area contributed by atoms with E-state index >= 15 is 0 Å². The molecule has 2 aromatic rings. The second-order valence-corrected chi connectivity index (χ2v) is 10.1. The molecule has 2 aliphatic heterocycles. The maximum Gasteiger partial charge on any atom is 0.259 e. The van der Waals surface area contributed by atoms with Crippen LogP contribution in [0, 0.1) is 0 Å². The Bertz CT molecular complexity index is 1190. The van der Waals surface area contributed by atoms with Crippen molar-refractivity contribution in [3.63, 3.8) is 0 Å². The first-order chi connectivity index (χ1) is 17.6. The third-order valence-electron chi connectivity index (χ3n) is 6.54. The van der Waals surface area contributed by atoms with Crippen molar-refractivity contribution in [2.75, 3.05) is 5.75 Å². The molecule has 10 heteroatoms. The predicted octanol–water partition coefficient (Wildman–Crippen LogP) is 3.52. The van der Waals surface area contributed by atoms with E-state index in [2.05, 4.69) is 15.6 Å². The third-order valence-corrected chi connectivity index (χ3v) is 7.47.